The number of ether oxygens (including phenoxy) is 1. The number of carbonyl (C=O) groups is 2. The predicted molar refractivity (Wildman–Crippen MR) is 61.8 cm³/mol. The van der Waals surface area contributed by atoms with Crippen molar-refractivity contribution in [1.29, 1.82) is 0 Å². The molecule has 0 spiro atoms. The fourth-order valence-corrected chi connectivity index (χ4v) is 1.97. The lowest BCUT2D eigenvalue weighted by Crippen LogP contribution is -2.45. The Labute approximate surface area is 101 Å². The standard InChI is InChI=1S/C11H20N2O4/c1-7(17-3)6-12-11(16)13-5-4-9(8(13)2)10(14)15/h7-9H,4-6H2,1-3H3,(H,12,16)(H,14,15). The fraction of sp³-hybridized carbons (Fsp3) is 0.818. The van der Waals surface area contributed by atoms with Crippen LogP contribution in [0.15, 0.2) is 0 Å². The molecule has 0 aromatic carbocycles. The van der Waals surface area contributed by atoms with Gasteiger partial charge in [-0.25, -0.2) is 4.79 Å². The fourth-order valence-electron chi connectivity index (χ4n) is 1.97. The highest BCUT2D eigenvalue weighted by molar-refractivity contribution is 5.78. The Kier molecular flexibility index (Phi) is 4.74. The van der Waals surface area contributed by atoms with Crippen LogP contribution in [0.5, 0.6) is 0 Å². The normalized spacial score (nSPS) is 25.7. The molecule has 6 heteroatoms. The molecule has 0 aliphatic carbocycles. The molecule has 0 bridgehead atoms. The van der Waals surface area contributed by atoms with Crippen LogP contribution in [0.3, 0.4) is 0 Å². The molecule has 2 amide bonds. The SMILES string of the molecule is COC(C)CNC(=O)N1CCC(C(=O)O)C1C. The molecule has 17 heavy (non-hydrogen) atoms. The first-order chi connectivity index (χ1) is 7.97. The summed E-state index contributed by atoms with van der Waals surface area (Å²) in [4.78, 5) is 24.3. The Morgan fingerprint density at radius 2 is 2.24 bits per heavy atom. The zero-order valence-corrected chi connectivity index (χ0v) is 10.5. The number of nitrogens with one attached hydrogen (secondary N) is 1. The number of urea groups is 1. The second kappa shape index (κ2) is 5.86. The van der Waals surface area contributed by atoms with E-state index >= 15 is 0 Å². The summed E-state index contributed by atoms with van der Waals surface area (Å²) in [5, 5.41) is 11.7. The smallest absolute Gasteiger partial charge is 0.317 e. The van der Waals surface area contributed by atoms with Crippen LogP contribution in [0, 0.1) is 5.92 Å². The number of aliphatic carboxylic acids is 1. The van der Waals surface area contributed by atoms with E-state index in [2.05, 4.69) is 5.32 Å². The van der Waals surface area contributed by atoms with Gasteiger partial charge in [0.2, 0.25) is 0 Å². The van der Waals surface area contributed by atoms with Crippen LogP contribution in [0.4, 0.5) is 4.79 Å². The molecule has 1 aliphatic rings. The number of amides is 2. The number of carboxylic acid groups (broad SMARTS) is 1. The molecule has 3 atom stereocenters. The number of carboxylic acids is 1. The van der Waals surface area contributed by atoms with E-state index in [-0.39, 0.29) is 18.2 Å². The topological polar surface area (TPSA) is 78.9 Å². The minimum absolute atomic E-state index is 0.0490. The third kappa shape index (κ3) is 3.33. The average molecular weight is 244 g/mol. The minimum Gasteiger partial charge on any atom is -0.481 e. The highest BCUT2D eigenvalue weighted by Gasteiger charge is 2.37. The van der Waals surface area contributed by atoms with Crippen LogP contribution in [0.25, 0.3) is 0 Å². The first-order valence-electron chi connectivity index (χ1n) is 5.77. The van der Waals surface area contributed by atoms with Crippen molar-refractivity contribution >= 4 is 12.0 Å². The van der Waals surface area contributed by atoms with Crippen LogP contribution in [0.2, 0.25) is 0 Å². The number of carbonyl (C=O) groups excluding carboxylic acids is 1. The van der Waals surface area contributed by atoms with E-state index in [1.54, 1.807) is 18.9 Å². The highest BCUT2D eigenvalue weighted by atomic mass is 16.5. The van der Waals surface area contributed by atoms with Gasteiger partial charge in [0.05, 0.1) is 12.0 Å². The molecule has 98 valence electrons. The van der Waals surface area contributed by atoms with E-state index in [1.807, 2.05) is 6.92 Å². The Bertz CT molecular complexity index is 295. The third-order valence-electron chi connectivity index (χ3n) is 3.28. The second-order valence-corrected chi connectivity index (χ2v) is 4.40. The summed E-state index contributed by atoms with van der Waals surface area (Å²) in [7, 11) is 1.58. The van der Waals surface area contributed by atoms with Crippen molar-refractivity contribution in [3.8, 4) is 0 Å². The quantitative estimate of drug-likeness (QED) is 0.756. The molecule has 0 radical (unpaired) electrons. The second-order valence-electron chi connectivity index (χ2n) is 4.40. The molecule has 1 fully saturated rings. The van der Waals surface area contributed by atoms with Crippen molar-refractivity contribution in [2.45, 2.75) is 32.4 Å². The lowest BCUT2D eigenvalue weighted by atomic mass is 10.0. The van der Waals surface area contributed by atoms with E-state index in [0.29, 0.717) is 19.5 Å². The van der Waals surface area contributed by atoms with Gasteiger partial charge in [0.15, 0.2) is 0 Å². The number of hydrogen-bond acceptors (Lipinski definition) is 3. The molecule has 3 unspecified atom stereocenters. The summed E-state index contributed by atoms with van der Waals surface area (Å²) in [5.41, 5.74) is 0. The number of likely N-dealkylation sites (tertiary alicyclic amines) is 1. The molecular formula is C11H20N2O4. The summed E-state index contributed by atoms with van der Waals surface area (Å²) in [6, 6.07) is -0.476. The largest absolute Gasteiger partial charge is 0.481 e. The van der Waals surface area contributed by atoms with Crippen molar-refractivity contribution in [2.24, 2.45) is 5.92 Å². The maximum absolute atomic E-state index is 11.8. The van der Waals surface area contributed by atoms with Crippen molar-refractivity contribution in [1.82, 2.24) is 10.2 Å². The van der Waals surface area contributed by atoms with Crippen LogP contribution in [0.1, 0.15) is 20.3 Å². The van der Waals surface area contributed by atoms with E-state index in [1.165, 1.54) is 0 Å². The molecule has 2 N–H and O–H groups in total. The van der Waals surface area contributed by atoms with E-state index in [9.17, 15) is 9.59 Å². The van der Waals surface area contributed by atoms with Crippen LogP contribution >= 0.6 is 0 Å². The first kappa shape index (κ1) is 13.8. The Hall–Kier alpha value is -1.30. The Balaban J connectivity index is 2.46. The average Bonchev–Trinajstić information content (AvgIpc) is 2.67. The zero-order valence-electron chi connectivity index (χ0n) is 10.5. The van der Waals surface area contributed by atoms with E-state index < -0.39 is 11.9 Å². The molecule has 1 rings (SSSR count). The maximum atomic E-state index is 11.8. The summed E-state index contributed by atoms with van der Waals surface area (Å²) in [6.45, 7) is 4.54. The van der Waals surface area contributed by atoms with Crippen LogP contribution in [-0.2, 0) is 9.53 Å². The van der Waals surface area contributed by atoms with Crippen LogP contribution in [-0.4, -0.2) is 54.4 Å². The molecule has 1 heterocycles. The Morgan fingerprint density at radius 1 is 1.59 bits per heavy atom. The van der Waals surface area contributed by atoms with Gasteiger partial charge in [0, 0.05) is 26.2 Å². The molecule has 1 aliphatic heterocycles. The summed E-state index contributed by atoms with van der Waals surface area (Å²) >= 11 is 0. The lowest BCUT2D eigenvalue weighted by molar-refractivity contribution is -0.142. The number of methoxy groups -OCH3 is 1. The number of rotatable bonds is 4. The number of nitrogens with zero attached hydrogens (tertiary/aromatic N) is 1. The van der Waals surface area contributed by atoms with Crippen molar-refractivity contribution in [3.63, 3.8) is 0 Å². The third-order valence-corrected chi connectivity index (χ3v) is 3.28. The van der Waals surface area contributed by atoms with Crippen LogP contribution < -0.4 is 5.32 Å². The van der Waals surface area contributed by atoms with Gasteiger partial charge in [0.1, 0.15) is 0 Å². The molecule has 1 saturated heterocycles. The molecule has 0 aromatic rings. The van der Waals surface area contributed by atoms with Gasteiger partial charge in [-0.1, -0.05) is 0 Å². The molecular weight excluding hydrogens is 224 g/mol. The van der Waals surface area contributed by atoms with Crippen molar-refractivity contribution in [2.75, 3.05) is 20.2 Å². The maximum Gasteiger partial charge on any atom is 0.317 e. The zero-order chi connectivity index (χ0) is 13.0. The lowest BCUT2D eigenvalue weighted by Gasteiger charge is -2.24. The highest BCUT2D eigenvalue weighted by Crippen LogP contribution is 2.24. The van der Waals surface area contributed by atoms with Gasteiger partial charge in [-0.2, -0.15) is 0 Å². The molecule has 0 aromatic heterocycles. The van der Waals surface area contributed by atoms with E-state index in [4.69, 9.17) is 9.84 Å². The van der Waals surface area contributed by atoms with Gasteiger partial charge >= 0.3 is 12.0 Å². The van der Waals surface area contributed by atoms with Crippen molar-refractivity contribution < 1.29 is 19.4 Å². The predicted octanol–water partition coefficient (Wildman–Crippen LogP) is 0.526. The monoisotopic (exact) mass is 244 g/mol. The van der Waals surface area contributed by atoms with Crippen molar-refractivity contribution in [3.05, 3.63) is 0 Å². The van der Waals surface area contributed by atoms with Gasteiger partial charge < -0.3 is 20.1 Å². The summed E-state index contributed by atoms with van der Waals surface area (Å²) in [5.74, 6) is -1.29. The van der Waals surface area contributed by atoms with Gasteiger partial charge in [-0.3, -0.25) is 4.79 Å². The Morgan fingerprint density at radius 3 is 2.71 bits per heavy atom. The van der Waals surface area contributed by atoms with Gasteiger partial charge in [0.25, 0.3) is 0 Å². The summed E-state index contributed by atoms with van der Waals surface area (Å²) < 4.78 is 5.02. The van der Waals surface area contributed by atoms with Gasteiger partial charge in [-0.05, 0) is 20.3 Å². The first-order valence-corrected chi connectivity index (χ1v) is 5.77. The van der Waals surface area contributed by atoms with E-state index in [0.717, 1.165) is 0 Å². The summed E-state index contributed by atoms with van der Waals surface area (Å²) in [6.07, 6.45) is 0.469. The minimum atomic E-state index is -0.835. The molecule has 6 nitrogen and oxygen atoms in total. The van der Waals surface area contributed by atoms with Gasteiger partial charge in [-0.15, -0.1) is 0 Å². The number of hydrogen-bond donors (Lipinski definition) is 2. The molecule has 0 saturated carbocycles.